The molecule has 0 aromatic heterocycles. The van der Waals surface area contributed by atoms with Crippen molar-refractivity contribution in [2.75, 3.05) is 6.61 Å². The van der Waals surface area contributed by atoms with Gasteiger partial charge in [-0.2, -0.15) is 0 Å². The lowest BCUT2D eigenvalue weighted by atomic mass is 9.41. The van der Waals surface area contributed by atoms with Crippen LogP contribution in [0.3, 0.4) is 0 Å². The molecule has 3 heterocycles. The van der Waals surface area contributed by atoms with Gasteiger partial charge < -0.3 is 44.5 Å². The third kappa shape index (κ3) is 3.53. The normalized spacial score (nSPS) is 62.2. The lowest BCUT2D eigenvalue weighted by Crippen LogP contribution is -2.60. The Balaban J connectivity index is 1.05. The Labute approximate surface area is 262 Å². The molecule has 0 radical (unpaired) electrons. The summed E-state index contributed by atoms with van der Waals surface area (Å²) in [5, 5.41) is 53.1. The van der Waals surface area contributed by atoms with E-state index in [4.69, 9.17) is 18.9 Å². The van der Waals surface area contributed by atoms with Crippen molar-refractivity contribution in [3.8, 4) is 0 Å². The van der Waals surface area contributed by atoms with Crippen LogP contribution in [0, 0.1) is 50.7 Å². The first kappa shape index (κ1) is 30.9. The third-order valence-corrected chi connectivity index (χ3v) is 15.9. The Hall–Kier alpha value is -0.360. The van der Waals surface area contributed by atoms with Crippen LogP contribution in [0.15, 0.2) is 0 Å². The first-order valence-electron chi connectivity index (χ1n) is 17.5. The standard InChI is InChI=1S/C35H56O9/c1-17-23-19(43-35(26(17)39)28(44-35)30(4,5)40)14-32(7)21-9-8-20-29(2,3)22(42-27-25(38)24(37)18(36)15-41-27)10-11-33(20)16-34(21,33)13-12-31(23,32)6/h17-28,36-40H,8-16H2,1-7H3/t17-,18+,19-,20-,21-,22-,23-,24-,25+,26+,27-,28-,31+,32-,33+,34-,35+/m0/s1. The van der Waals surface area contributed by atoms with Gasteiger partial charge in [0.25, 0.3) is 0 Å². The highest BCUT2D eigenvalue weighted by Gasteiger charge is 2.85. The topological polar surface area (TPSA) is 141 Å². The molecule has 0 unspecified atom stereocenters. The summed E-state index contributed by atoms with van der Waals surface area (Å²) in [6, 6.07) is 0. The van der Waals surface area contributed by atoms with Crippen LogP contribution in [-0.4, -0.2) is 92.5 Å². The molecule has 8 fully saturated rings. The molecule has 8 rings (SSSR count). The second kappa shape index (κ2) is 9.00. The molecule has 17 atom stereocenters. The second-order valence-corrected chi connectivity index (χ2v) is 18.3. The van der Waals surface area contributed by atoms with Crippen molar-refractivity contribution in [2.24, 2.45) is 50.7 Å². The van der Waals surface area contributed by atoms with Crippen LogP contribution >= 0.6 is 0 Å². The minimum absolute atomic E-state index is 0.00897. The van der Waals surface area contributed by atoms with Crippen molar-refractivity contribution in [1.29, 1.82) is 0 Å². The number of rotatable bonds is 3. The Bertz CT molecular complexity index is 1200. The maximum Gasteiger partial charge on any atom is 0.225 e. The van der Waals surface area contributed by atoms with Crippen molar-refractivity contribution in [2.45, 2.75) is 160 Å². The number of fused-ring (bicyclic) bond motifs is 4. The van der Waals surface area contributed by atoms with E-state index in [2.05, 4.69) is 34.6 Å². The zero-order valence-corrected chi connectivity index (χ0v) is 27.7. The summed E-state index contributed by atoms with van der Waals surface area (Å²) in [6.45, 7) is 15.3. The molecule has 3 saturated heterocycles. The number of hydrogen-bond donors (Lipinski definition) is 5. The third-order valence-electron chi connectivity index (χ3n) is 15.9. The summed E-state index contributed by atoms with van der Waals surface area (Å²) < 4.78 is 25.0. The summed E-state index contributed by atoms with van der Waals surface area (Å²) in [4.78, 5) is 0. The summed E-state index contributed by atoms with van der Waals surface area (Å²) >= 11 is 0. The zero-order valence-electron chi connectivity index (χ0n) is 27.7. The van der Waals surface area contributed by atoms with Crippen molar-refractivity contribution in [1.82, 2.24) is 0 Å². The van der Waals surface area contributed by atoms with E-state index in [1.165, 1.54) is 19.3 Å². The number of aliphatic hydroxyl groups is 5. The summed E-state index contributed by atoms with van der Waals surface area (Å²) in [5.41, 5.74) is -0.452. The fourth-order valence-electron chi connectivity index (χ4n) is 13.7. The van der Waals surface area contributed by atoms with E-state index >= 15 is 0 Å². The molecule has 9 nitrogen and oxygen atoms in total. The van der Waals surface area contributed by atoms with Crippen LogP contribution in [0.4, 0.5) is 0 Å². The van der Waals surface area contributed by atoms with Crippen LogP contribution in [0.5, 0.6) is 0 Å². The smallest absolute Gasteiger partial charge is 0.225 e. The Kier molecular flexibility index (Phi) is 6.33. The fraction of sp³-hybridized carbons (Fsp3) is 1.00. The minimum atomic E-state index is -1.27. The Morgan fingerprint density at radius 2 is 1.50 bits per heavy atom. The average molecular weight is 621 g/mol. The molecule has 0 amide bonds. The molecule has 5 saturated carbocycles. The van der Waals surface area contributed by atoms with Crippen LogP contribution < -0.4 is 0 Å². The summed E-state index contributed by atoms with van der Waals surface area (Å²) in [6.07, 6.45) is 2.99. The highest BCUT2D eigenvalue weighted by atomic mass is 16.8. The minimum Gasteiger partial charge on any atom is -0.388 e. The molecule has 0 bridgehead atoms. The molecule has 44 heavy (non-hydrogen) atoms. The van der Waals surface area contributed by atoms with E-state index in [-0.39, 0.29) is 52.3 Å². The lowest BCUT2D eigenvalue weighted by molar-refractivity contribution is -0.302. The van der Waals surface area contributed by atoms with Crippen LogP contribution in [0.2, 0.25) is 0 Å². The highest BCUT2D eigenvalue weighted by molar-refractivity contribution is 5.32. The zero-order chi connectivity index (χ0) is 31.6. The predicted molar refractivity (Wildman–Crippen MR) is 159 cm³/mol. The van der Waals surface area contributed by atoms with Gasteiger partial charge in [-0.3, -0.25) is 0 Å². The van der Waals surface area contributed by atoms with E-state index < -0.39 is 48.2 Å². The molecule has 3 aliphatic heterocycles. The average Bonchev–Trinajstić information content (AvgIpc) is 3.81. The van der Waals surface area contributed by atoms with Gasteiger partial charge in [0.05, 0.1) is 24.4 Å². The monoisotopic (exact) mass is 620 g/mol. The first-order valence-corrected chi connectivity index (χ1v) is 17.5. The van der Waals surface area contributed by atoms with Crippen molar-refractivity contribution < 1.29 is 44.5 Å². The fourth-order valence-corrected chi connectivity index (χ4v) is 13.7. The number of ether oxygens (including phenoxy) is 4. The molecule has 5 N–H and O–H groups in total. The van der Waals surface area contributed by atoms with E-state index in [0.29, 0.717) is 17.3 Å². The summed E-state index contributed by atoms with van der Waals surface area (Å²) in [7, 11) is 0. The van der Waals surface area contributed by atoms with E-state index in [9.17, 15) is 25.5 Å². The van der Waals surface area contributed by atoms with Crippen LogP contribution in [0.25, 0.3) is 0 Å². The molecule has 0 aromatic carbocycles. The molecular formula is C35H56O9. The predicted octanol–water partition coefficient (Wildman–Crippen LogP) is 3.12. The first-order chi connectivity index (χ1) is 20.4. The van der Waals surface area contributed by atoms with Gasteiger partial charge in [0.2, 0.25) is 5.79 Å². The maximum absolute atomic E-state index is 11.6. The van der Waals surface area contributed by atoms with Gasteiger partial charge in [0, 0.05) is 0 Å². The SMILES string of the molecule is C[C@H]1[C@H]2[C@H](C[C@@]3(C)[C@@H]4CC[C@H]5C(C)(C)[C@@H](O[C@@H]6OC[C@@H](O)[C@H](O)[C@H]6O)CC[C@@]56C[C@@]46CC[C@]23C)O[C@@]2(O[C@H]2C(C)(C)O)[C@@H]1O. The molecular weight excluding hydrogens is 564 g/mol. The maximum atomic E-state index is 11.6. The molecule has 0 aromatic rings. The quantitative estimate of drug-likeness (QED) is 0.238. The van der Waals surface area contributed by atoms with Gasteiger partial charge >= 0.3 is 0 Å². The van der Waals surface area contributed by atoms with E-state index in [1.54, 1.807) is 13.8 Å². The Morgan fingerprint density at radius 1 is 0.818 bits per heavy atom. The highest BCUT2D eigenvalue weighted by Crippen LogP contribution is 2.89. The van der Waals surface area contributed by atoms with Gasteiger partial charge in [-0.1, -0.05) is 34.6 Å². The van der Waals surface area contributed by atoms with Crippen LogP contribution in [0.1, 0.15) is 99.8 Å². The molecule has 5 aliphatic carbocycles. The van der Waals surface area contributed by atoms with E-state index in [0.717, 1.165) is 32.1 Å². The second-order valence-electron chi connectivity index (χ2n) is 18.3. The molecule has 8 aliphatic rings. The molecule has 3 spiro atoms. The number of epoxide rings is 1. The van der Waals surface area contributed by atoms with Crippen LogP contribution in [-0.2, 0) is 18.9 Å². The van der Waals surface area contributed by atoms with Crippen molar-refractivity contribution in [3.63, 3.8) is 0 Å². The van der Waals surface area contributed by atoms with E-state index in [1.807, 2.05) is 0 Å². The number of hydrogen-bond acceptors (Lipinski definition) is 9. The summed E-state index contributed by atoms with van der Waals surface area (Å²) in [5.74, 6) is 0.279. The van der Waals surface area contributed by atoms with Crippen molar-refractivity contribution >= 4 is 0 Å². The van der Waals surface area contributed by atoms with Gasteiger partial charge in [0.1, 0.15) is 30.5 Å². The van der Waals surface area contributed by atoms with Gasteiger partial charge in [-0.25, -0.2) is 0 Å². The van der Waals surface area contributed by atoms with Gasteiger partial charge in [-0.05, 0) is 116 Å². The van der Waals surface area contributed by atoms with Gasteiger partial charge in [0.15, 0.2) is 6.29 Å². The Morgan fingerprint density at radius 3 is 2.18 bits per heavy atom. The largest absolute Gasteiger partial charge is 0.388 e. The molecule has 250 valence electrons. The molecule has 9 heteroatoms. The van der Waals surface area contributed by atoms with Crippen molar-refractivity contribution in [3.05, 3.63) is 0 Å². The lowest BCUT2D eigenvalue weighted by Gasteiger charge is -2.63. The number of aliphatic hydroxyl groups excluding tert-OH is 4. The van der Waals surface area contributed by atoms with Gasteiger partial charge in [-0.15, -0.1) is 0 Å².